The number of carbonyl (C=O) groups is 2. The summed E-state index contributed by atoms with van der Waals surface area (Å²) in [6, 6.07) is 9.70. The molecule has 4 rings (SSSR count). The third-order valence-electron chi connectivity index (χ3n) is 5.86. The molecule has 2 amide bonds. The van der Waals surface area contributed by atoms with Gasteiger partial charge in [-0.05, 0) is 49.9 Å². The van der Waals surface area contributed by atoms with Crippen LogP contribution in [0.4, 0.5) is 10.5 Å². The first-order chi connectivity index (χ1) is 16.0. The summed E-state index contributed by atoms with van der Waals surface area (Å²) in [6.07, 6.45) is 5.96. The van der Waals surface area contributed by atoms with Gasteiger partial charge >= 0.3 is 6.09 Å². The number of aromatic nitrogens is 3. The number of ether oxygens (including phenoxy) is 1. The molecule has 0 saturated heterocycles. The Kier molecular flexibility index (Phi) is 6.40. The van der Waals surface area contributed by atoms with Crippen LogP contribution in [0.3, 0.4) is 0 Å². The van der Waals surface area contributed by atoms with Gasteiger partial charge in [-0.15, -0.1) is 0 Å². The highest BCUT2D eigenvalue weighted by Gasteiger charge is 2.24. The Morgan fingerprint density at radius 1 is 1.15 bits per heavy atom. The number of nitrogens with zero attached hydrogens (tertiary/aromatic N) is 4. The monoisotopic (exact) mass is 447 g/mol. The second-order valence-corrected chi connectivity index (χ2v) is 7.93. The van der Waals surface area contributed by atoms with Crippen LogP contribution >= 0.6 is 0 Å². The van der Waals surface area contributed by atoms with Gasteiger partial charge < -0.3 is 20.7 Å². The van der Waals surface area contributed by atoms with E-state index in [1.165, 1.54) is 13.3 Å². The van der Waals surface area contributed by atoms with E-state index in [1.54, 1.807) is 23.8 Å². The van der Waals surface area contributed by atoms with Crippen molar-refractivity contribution in [3.05, 3.63) is 47.8 Å². The van der Waals surface area contributed by atoms with Crippen molar-refractivity contribution in [1.82, 2.24) is 25.2 Å². The molecular formula is C23H25N7O3. The number of rotatable bonds is 5. The van der Waals surface area contributed by atoms with E-state index in [4.69, 9.17) is 5.26 Å². The molecule has 3 heterocycles. The molecule has 170 valence electrons. The summed E-state index contributed by atoms with van der Waals surface area (Å²) in [4.78, 5) is 28.4. The van der Waals surface area contributed by atoms with E-state index in [0.29, 0.717) is 22.5 Å². The lowest BCUT2D eigenvalue weighted by Gasteiger charge is -2.30. The van der Waals surface area contributed by atoms with E-state index < -0.39 is 6.09 Å². The second kappa shape index (κ2) is 9.56. The fourth-order valence-corrected chi connectivity index (χ4v) is 4.11. The van der Waals surface area contributed by atoms with E-state index in [9.17, 15) is 9.59 Å². The molecule has 0 aliphatic heterocycles. The van der Waals surface area contributed by atoms with Crippen LogP contribution in [0.1, 0.15) is 41.6 Å². The highest BCUT2D eigenvalue weighted by atomic mass is 16.5. The van der Waals surface area contributed by atoms with Crippen molar-refractivity contribution in [1.29, 1.82) is 5.26 Å². The van der Waals surface area contributed by atoms with Crippen LogP contribution in [-0.4, -0.2) is 52.8 Å². The third kappa shape index (κ3) is 4.72. The van der Waals surface area contributed by atoms with Gasteiger partial charge in [0.1, 0.15) is 6.07 Å². The number of carbonyl (C=O) groups excluding carboxylic acids is 2. The predicted molar refractivity (Wildman–Crippen MR) is 122 cm³/mol. The van der Waals surface area contributed by atoms with Crippen molar-refractivity contribution < 1.29 is 14.3 Å². The number of amides is 2. The van der Waals surface area contributed by atoms with Crippen LogP contribution in [-0.2, 0) is 4.74 Å². The quantitative estimate of drug-likeness (QED) is 0.547. The van der Waals surface area contributed by atoms with Crippen molar-refractivity contribution in [2.24, 2.45) is 0 Å². The molecule has 0 unspecified atom stereocenters. The maximum atomic E-state index is 12.5. The fourth-order valence-electron chi connectivity index (χ4n) is 4.11. The summed E-state index contributed by atoms with van der Waals surface area (Å²) < 4.78 is 6.40. The van der Waals surface area contributed by atoms with E-state index in [2.05, 4.69) is 36.8 Å². The number of pyridine rings is 1. The number of nitriles is 1. The lowest BCUT2D eigenvalue weighted by Crippen LogP contribution is -2.40. The minimum absolute atomic E-state index is 0.0818. The van der Waals surface area contributed by atoms with E-state index in [1.807, 2.05) is 18.2 Å². The Hall–Kier alpha value is -4.13. The zero-order valence-electron chi connectivity index (χ0n) is 18.5. The van der Waals surface area contributed by atoms with Gasteiger partial charge in [0.25, 0.3) is 5.91 Å². The number of nitrogens with one attached hydrogen (secondary N) is 3. The molecule has 1 aliphatic carbocycles. The standard InChI is InChI=1S/C23H25N7O3/c1-25-22(31)18-13-26-20(21-8-7-17-9-14(11-24)12-27-30(17)21)10-19(18)28-15-3-5-16(6-4-15)29-23(32)33-2/h7-10,12-13,15-16H,3-6H2,1-2H3,(H,25,31)(H,26,28)(H,29,32)/t15-,16-. The lowest BCUT2D eigenvalue weighted by molar-refractivity contribution is 0.0963. The fraction of sp³-hybridized carbons (Fsp3) is 0.348. The topological polar surface area (TPSA) is 133 Å². The molecule has 3 aromatic heterocycles. The minimum Gasteiger partial charge on any atom is -0.453 e. The molecule has 1 fully saturated rings. The van der Waals surface area contributed by atoms with Crippen molar-refractivity contribution in [2.45, 2.75) is 37.8 Å². The van der Waals surface area contributed by atoms with Gasteiger partial charge in [-0.25, -0.2) is 9.31 Å². The van der Waals surface area contributed by atoms with Gasteiger partial charge in [-0.3, -0.25) is 9.78 Å². The summed E-state index contributed by atoms with van der Waals surface area (Å²) in [7, 11) is 2.94. The van der Waals surface area contributed by atoms with Gasteiger partial charge in [0.15, 0.2) is 0 Å². The summed E-state index contributed by atoms with van der Waals surface area (Å²) in [5, 5.41) is 22.5. The van der Waals surface area contributed by atoms with Crippen molar-refractivity contribution in [3.63, 3.8) is 0 Å². The van der Waals surface area contributed by atoms with Gasteiger partial charge in [0.05, 0.1) is 47.0 Å². The van der Waals surface area contributed by atoms with Crippen molar-refractivity contribution in [3.8, 4) is 17.5 Å². The number of hydrogen-bond donors (Lipinski definition) is 3. The first kappa shape index (κ1) is 22.1. The van der Waals surface area contributed by atoms with Crippen LogP contribution < -0.4 is 16.0 Å². The molecule has 33 heavy (non-hydrogen) atoms. The summed E-state index contributed by atoms with van der Waals surface area (Å²) >= 11 is 0. The van der Waals surface area contributed by atoms with Crippen LogP contribution in [0.25, 0.3) is 16.9 Å². The normalized spacial score (nSPS) is 17.7. The predicted octanol–water partition coefficient (Wildman–Crippen LogP) is 2.71. The van der Waals surface area contributed by atoms with E-state index >= 15 is 0 Å². The number of anilines is 1. The van der Waals surface area contributed by atoms with Crippen LogP contribution in [0.2, 0.25) is 0 Å². The average Bonchev–Trinajstić information content (AvgIpc) is 3.27. The average molecular weight is 447 g/mol. The summed E-state index contributed by atoms with van der Waals surface area (Å²) in [5.41, 5.74) is 3.82. The highest BCUT2D eigenvalue weighted by molar-refractivity contribution is 5.99. The van der Waals surface area contributed by atoms with Gasteiger partial charge in [-0.1, -0.05) is 0 Å². The zero-order valence-corrected chi connectivity index (χ0v) is 18.5. The first-order valence-electron chi connectivity index (χ1n) is 10.7. The summed E-state index contributed by atoms with van der Waals surface area (Å²) in [6.45, 7) is 0. The van der Waals surface area contributed by atoms with Gasteiger partial charge in [0, 0.05) is 25.3 Å². The maximum Gasteiger partial charge on any atom is 0.407 e. The third-order valence-corrected chi connectivity index (χ3v) is 5.86. The molecule has 1 aliphatic rings. The highest BCUT2D eigenvalue weighted by Crippen LogP contribution is 2.28. The molecule has 3 N–H and O–H groups in total. The Labute approximate surface area is 191 Å². The number of hydrogen-bond acceptors (Lipinski definition) is 7. The molecule has 0 atom stereocenters. The van der Waals surface area contributed by atoms with Crippen molar-refractivity contribution in [2.75, 3.05) is 19.5 Å². The largest absolute Gasteiger partial charge is 0.453 e. The van der Waals surface area contributed by atoms with Gasteiger partial charge in [0.2, 0.25) is 0 Å². The molecule has 10 nitrogen and oxygen atoms in total. The maximum absolute atomic E-state index is 12.5. The zero-order chi connectivity index (χ0) is 23.4. The van der Waals surface area contributed by atoms with Crippen LogP contribution in [0.15, 0.2) is 36.7 Å². The van der Waals surface area contributed by atoms with Crippen molar-refractivity contribution >= 4 is 23.2 Å². The van der Waals surface area contributed by atoms with Crippen LogP contribution in [0.5, 0.6) is 0 Å². The Morgan fingerprint density at radius 3 is 2.61 bits per heavy atom. The molecule has 0 bridgehead atoms. The lowest BCUT2D eigenvalue weighted by atomic mass is 9.91. The second-order valence-electron chi connectivity index (χ2n) is 7.93. The summed E-state index contributed by atoms with van der Waals surface area (Å²) in [5.74, 6) is -0.227. The van der Waals surface area contributed by atoms with Crippen LogP contribution in [0, 0.1) is 11.3 Å². The Balaban J connectivity index is 1.59. The Bertz CT molecular complexity index is 1220. The molecular weight excluding hydrogens is 422 g/mol. The number of alkyl carbamates (subject to hydrolysis) is 1. The molecule has 1 saturated carbocycles. The smallest absolute Gasteiger partial charge is 0.407 e. The van der Waals surface area contributed by atoms with Gasteiger partial charge in [-0.2, -0.15) is 10.4 Å². The molecule has 0 radical (unpaired) electrons. The van der Waals surface area contributed by atoms with E-state index in [-0.39, 0.29) is 18.0 Å². The Morgan fingerprint density at radius 2 is 1.91 bits per heavy atom. The molecule has 3 aromatic rings. The molecule has 0 aromatic carbocycles. The molecule has 10 heteroatoms. The number of methoxy groups -OCH3 is 1. The molecule has 0 spiro atoms. The van der Waals surface area contributed by atoms with E-state index in [0.717, 1.165) is 36.9 Å². The first-order valence-corrected chi connectivity index (χ1v) is 10.7. The minimum atomic E-state index is -0.415. The number of fused-ring (bicyclic) bond motifs is 1. The SMILES string of the molecule is CNC(=O)c1cnc(-c2ccc3cc(C#N)cnn23)cc1N[C@H]1CC[C@H](NC(=O)OC)CC1.